The van der Waals surface area contributed by atoms with Gasteiger partial charge in [-0.1, -0.05) is 13.8 Å². The van der Waals surface area contributed by atoms with E-state index in [0.717, 1.165) is 12.2 Å². The average Bonchev–Trinajstić information content (AvgIpc) is 2.15. The number of tetrazole rings is 1. The summed E-state index contributed by atoms with van der Waals surface area (Å²) in [5.41, 5.74) is 0. The predicted octanol–water partition coefficient (Wildman–Crippen LogP) is 1.03. The van der Waals surface area contributed by atoms with Gasteiger partial charge in [0.1, 0.15) is 0 Å². The van der Waals surface area contributed by atoms with E-state index >= 15 is 0 Å². The van der Waals surface area contributed by atoms with E-state index in [4.69, 9.17) is 0 Å². The molecule has 0 atom stereocenters. The van der Waals surface area contributed by atoms with Gasteiger partial charge in [0, 0.05) is 6.42 Å². The maximum absolute atomic E-state index is 3.81. The van der Waals surface area contributed by atoms with Crippen LogP contribution in [0.3, 0.4) is 0 Å². The fraction of sp³-hybridized carbons (Fsp3) is 0.800. The molecule has 1 aromatic rings. The van der Waals surface area contributed by atoms with Crippen LogP contribution in [-0.4, -0.2) is 19.2 Å². The molecule has 0 bridgehead atoms. The van der Waals surface area contributed by atoms with Crippen molar-refractivity contribution in [3.05, 3.63) is 5.82 Å². The summed E-state index contributed by atoms with van der Waals surface area (Å²) in [7, 11) is 0. The second-order valence-corrected chi connectivity index (χ2v) is 3.23. The molecule has 0 saturated carbocycles. The number of halogens is 1. The van der Waals surface area contributed by atoms with Crippen LogP contribution in [-0.2, 0) is 6.42 Å². The summed E-state index contributed by atoms with van der Waals surface area (Å²) < 4.78 is 1.52. The largest absolute Gasteiger partial charge is 0.164 e. The average molecular weight is 205 g/mol. The summed E-state index contributed by atoms with van der Waals surface area (Å²) >= 11 is 3.18. The highest BCUT2D eigenvalue weighted by atomic mass is 79.9. The van der Waals surface area contributed by atoms with Gasteiger partial charge in [0.2, 0.25) is 0 Å². The minimum absolute atomic E-state index is 0.585. The second kappa shape index (κ2) is 3.09. The Bertz CT molecular complexity index is 207. The molecule has 0 aliphatic carbocycles. The SMILES string of the molecule is CC(C)Cc1nnnn1Br. The summed E-state index contributed by atoms with van der Waals surface area (Å²) in [4.78, 5) is 0. The maximum Gasteiger partial charge on any atom is 0.164 e. The minimum Gasteiger partial charge on any atom is -0.161 e. The van der Waals surface area contributed by atoms with E-state index in [1.165, 1.54) is 3.71 Å². The minimum atomic E-state index is 0.585. The van der Waals surface area contributed by atoms with Crippen LogP contribution >= 0.6 is 16.1 Å². The molecular weight excluding hydrogens is 196 g/mol. The molecule has 5 heteroatoms. The van der Waals surface area contributed by atoms with Crippen LogP contribution < -0.4 is 0 Å². The quantitative estimate of drug-likeness (QED) is 0.724. The Balaban J connectivity index is 2.65. The fourth-order valence-corrected chi connectivity index (χ4v) is 0.956. The zero-order valence-corrected chi connectivity index (χ0v) is 7.54. The van der Waals surface area contributed by atoms with E-state index in [1.807, 2.05) is 0 Å². The van der Waals surface area contributed by atoms with Gasteiger partial charge in [0.05, 0.1) is 16.1 Å². The number of nitrogens with zero attached hydrogens (tertiary/aromatic N) is 4. The zero-order valence-electron chi connectivity index (χ0n) is 5.95. The Morgan fingerprint density at radius 2 is 2.30 bits per heavy atom. The molecule has 10 heavy (non-hydrogen) atoms. The molecule has 0 aliphatic rings. The zero-order chi connectivity index (χ0) is 7.56. The Labute approximate surface area is 68.0 Å². The molecule has 0 N–H and O–H groups in total. The van der Waals surface area contributed by atoms with Gasteiger partial charge < -0.3 is 0 Å². The molecule has 1 rings (SSSR count). The van der Waals surface area contributed by atoms with Crippen LogP contribution in [0.2, 0.25) is 0 Å². The summed E-state index contributed by atoms with van der Waals surface area (Å²) in [6, 6.07) is 0. The highest BCUT2D eigenvalue weighted by molar-refractivity contribution is 9.08. The van der Waals surface area contributed by atoms with Gasteiger partial charge in [-0.25, -0.2) is 0 Å². The lowest BCUT2D eigenvalue weighted by Gasteiger charge is -1.98. The van der Waals surface area contributed by atoms with Crippen LogP contribution in [0.4, 0.5) is 0 Å². The van der Waals surface area contributed by atoms with Crippen molar-refractivity contribution >= 4 is 16.1 Å². The van der Waals surface area contributed by atoms with Crippen LogP contribution in [0.1, 0.15) is 19.7 Å². The first-order chi connectivity index (χ1) is 4.70. The van der Waals surface area contributed by atoms with E-state index in [9.17, 15) is 0 Å². The predicted molar refractivity (Wildman–Crippen MR) is 40.7 cm³/mol. The molecule has 0 radical (unpaired) electrons. The van der Waals surface area contributed by atoms with Crippen LogP contribution in [0.5, 0.6) is 0 Å². The first-order valence-electron chi connectivity index (χ1n) is 3.13. The molecule has 0 unspecified atom stereocenters. The Kier molecular flexibility index (Phi) is 2.37. The molecule has 0 amide bonds. The lowest BCUT2D eigenvalue weighted by molar-refractivity contribution is 0.618. The molecule has 1 heterocycles. The summed E-state index contributed by atoms with van der Waals surface area (Å²) in [6.07, 6.45) is 0.901. The topological polar surface area (TPSA) is 43.6 Å². The van der Waals surface area contributed by atoms with Crippen molar-refractivity contribution in [3.63, 3.8) is 0 Å². The first kappa shape index (κ1) is 7.65. The van der Waals surface area contributed by atoms with Gasteiger partial charge in [0.25, 0.3) is 0 Å². The summed E-state index contributed by atoms with van der Waals surface area (Å²) in [5.74, 6) is 1.46. The van der Waals surface area contributed by atoms with E-state index in [0.29, 0.717) is 5.92 Å². The molecule has 0 aromatic carbocycles. The van der Waals surface area contributed by atoms with Crippen molar-refractivity contribution in [2.45, 2.75) is 20.3 Å². The van der Waals surface area contributed by atoms with E-state index in [-0.39, 0.29) is 0 Å². The van der Waals surface area contributed by atoms with Gasteiger partial charge in [-0.3, -0.25) is 0 Å². The molecule has 0 aliphatic heterocycles. The third-order valence-electron chi connectivity index (χ3n) is 1.08. The fourth-order valence-electron chi connectivity index (χ4n) is 0.677. The molecule has 0 spiro atoms. The van der Waals surface area contributed by atoms with E-state index in [1.54, 1.807) is 0 Å². The second-order valence-electron chi connectivity index (χ2n) is 2.55. The standard InChI is InChI=1S/C5H9BrN4/c1-4(2)3-5-7-8-9-10(5)6/h4H,3H2,1-2H3. The number of hydrogen-bond donors (Lipinski definition) is 0. The lowest BCUT2D eigenvalue weighted by atomic mass is 10.1. The molecule has 1 aromatic heterocycles. The van der Waals surface area contributed by atoms with E-state index in [2.05, 4.69) is 45.5 Å². The van der Waals surface area contributed by atoms with Gasteiger partial charge in [-0.15, -0.1) is 5.10 Å². The van der Waals surface area contributed by atoms with Crippen molar-refractivity contribution in [2.24, 2.45) is 5.92 Å². The first-order valence-corrected chi connectivity index (χ1v) is 3.84. The highest BCUT2D eigenvalue weighted by Crippen LogP contribution is 2.04. The van der Waals surface area contributed by atoms with Crippen molar-refractivity contribution < 1.29 is 0 Å². The van der Waals surface area contributed by atoms with Crippen LogP contribution in [0, 0.1) is 5.92 Å². The van der Waals surface area contributed by atoms with Crippen LogP contribution in [0.15, 0.2) is 0 Å². The van der Waals surface area contributed by atoms with Crippen molar-refractivity contribution in [3.8, 4) is 0 Å². The Morgan fingerprint density at radius 3 is 2.70 bits per heavy atom. The number of aromatic nitrogens is 4. The Hall–Kier alpha value is -0.450. The highest BCUT2D eigenvalue weighted by Gasteiger charge is 2.04. The van der Waals surface area contributed by atoms with Crippen molar-refractivity contribution in [2.75, 3.05) is 0 Å². The molecule has 56 valence electrons. The summed E-state index contributed by atoms with van der Waals surface area (Å²) in [6.45, 7) is 4.25. The number of hydrogen-bond acceptors (Lipinski definition) is 3. The third kappa shape index (κ3) is 1.76. The molecular formula is C5H9BrN4. The van der Waals surface area contributed by atoms with Gasteiger partial charge in [-0.05, 0) is 16.3 Å². The van der Waals surface area contributed by atoms with Crippen LogP contribution in [0.25, 0.3) is 0 Å². The molecule has 0 fully saturated rings. The smallest absolute Gasteiger partial charge is 0.161 e. The monoisotopic (exact) mass is 204 g/mol. The summed E-state index contributed by atoms with van der Waals surface area (Å²) in [5, 5.41) is 10.9. The third-order valence-corrected chi connectivity index (χ3v) is 1.63. The lowest BCUT2D eigenvalue weighted by Crippen LogP contribution is -1.99. The number of rotatable bonds is 2. The molecule has 0 saturated heterocycles. The maximum atomic E-state index is 3.81. The van der Waals surface area contributed by atoms with Crippen molar-refractivity contribution in [1.29, 1.82) is 0 Å². The molecule has 4 nitrogen and oxygen atoms in total. The normalized spacial score (nSPS) is 10.8. The van der Waals surface area contributed by atoms with Gasteiger partial charge in [-0.2, -0.15) is 3.71 Å². The van der Waals surface area contributed by atoms with Gasteiger partial charge >= 0.3 is 0 Å². The Morgan fingerprint density at radius 1 is 1.60 bits per heavy atom. The van der Waals surface area contributed by atoms with E-state index < -0.39 is 0 Å². The van der Waals surface area contributed by atoms with Gasteiger partial charge in [0.15, 0.2) is 5.82 Å². The van der Waals surface area contributed by atoms with Crippen molar-refractivity contribution in [1.82, 2.24) is 19.2 Å².